The minimum atomic E-state index is 0.162. The van der Waals surface area contributed by atoms with Crippen molar-refractivity contribution in [1.82, 2.24) is 14.8 Å². The molecule has 0 saturated carbocycles. The van der Waals surface area contributed by atoms with Gasteiger partial charge in [-0.3, -0.25) is 9.69 Å². The topological polar surface area (TPSA) is 45.7 Å². The molecule has 6 heteroatoms. The molecule has 25 heavy (non-hydrogen) atoms. The van der Waals surface area contributed by atoms with E-state index in [1.807, 2.05) is 36.3 Å². The van der Waals surface area contributed by atoms with Gasteiger partial charge in [0.2, 0.25) is 5.91 Å². The Morgan fingerprint density at radius 3 is 3.04 bits per heavy atom. The van der Waals surface area contributed by atoms with Crippen LogP contribution < -0.4 is 4.74 Å². The molecular formula is C19H23N3O2S. The summed E-state index contributed by atoms with van der Waals surface area (Å²) in [5, 5.41) is 1.01. The van der Waals surface area contributed by atoms with Gasteiger partial charge in [0.1, 0.15) is 10.8 Å². The molecular weight excluding hydrogens is 334 g/mol. The summed E-state index contributed by atoms with van der Waals surface area (Å²) in [6, 6.07) is 8.37. The Bertz CT molecular complexity index is 776. The number of hydrogen-bond acceptors (Lipinski definition) is 5. The van der Waals surface area contributed by atoms with Crippen LogP contribution in [0.15, 0.2) is 30.5 Å². The van der Waals surface area contributed by atoms with Gasteiger partial charge in [-0.2, -0.15) is 0 Å². The number of carbonyl (C=O) groups excluding carboxylic acids is 1. The average molecular weight is 357 g/mol. The SMILES string of the molecule is COc1cccc(-c2ncc(CN3C[C@@H]4CC[C@H](C3)N(C)C4=O)s2)c1. The second-order valence-corrected chi connectivity index (χ2v) is 8.05. The largest absolute Gasteiger partial charge is 0.497 e. The molecule has 2 aromatic rings. The molecule has 3 saturated heterocycles. The van der Waals surface area contributed by atoms with Crippen LogP contribution in [0.3, 0.4) is 0 Å². The molecule has 0 radical (unpaired) electrons. The van der Waals surface area contributed by atoms with Gasteiger partial charge in [0, 0.05) is 49.4 Å². The summed E-state index contributed by atoms with van der Waals surface area (Å²) < 4.78 is 5.30. The molecule has 4 heterocycles. The Balaban J connectivity index is 1.49. The predicted octanol–water partition coefficient (Wildman–Crippen LogP) is 2.87. The van der Waals surface area contributed by atoms with E-state index in [1.165, 1.54) is 4.88 Å². The van der Waals surface area contributed by atoms with Crippen LogP contribution in [-0.4, -0.2) is 54.0 Å². The van der Waals surface area contributed by atoms with Gasteiger partial charge in [-0.1, -0.05) is 12.1 Å². The standard InChI is InChI=1S/C19H23N3O2S/c1-21-15-7-6-14(19(21)23)10-22(11-15)12-17-9-20-18(25-17)13-4-3-5-16(8-13)24-2/h3-5,8-9,14-15H,6-7,10-12H2,1-2H3/t14-,15+/m0/s1. The number of nitrogens with zero attached hydrogens (tertiary/aromatic N) is 3. The fraction of sp³-hybridized carbons (Fsp3) is 0.474. The molecule has 5 nitrogen and oxygen atoms in total. The second-order valence-electron chi connectivity index (χ2n) is 6.94. The summed E-state index contributed by atoms with van der Waals surface area (Å²) in [6.45, 7) is 2.70. The van der Waals surface area contributed by atoms with Crippen molar-refractivity contribution in [2.24, 2.45) is 5.92 Å². The number of ether oxygens (including phenoxy) is 1. The number of hydrogen-bond donors (Lipinski definition) is 0. The zero-order valence-corrected chi connectivity index (χ0v) is 15.5. The zero-order valence-electron chi connectivity index (χ0n) is 14.6. The number of piperidine rings is 1. The van der Waals surface area contributed by atoms with E-state index >= 15 is 0 Å². The van der Waals surface area contributed by atoms with Crippen molar-refractivity contribution in [3.8, 4) is 16.3 Å². The Morgan fingerprint density at radius 1 is 1.32 bits per heavy atom. The number of amides is 1. The van der Waals surface area contributed by atoms with Crippen LogP contribution >= 0.6 is 11.3 Å². The Morgan fingerprint density at radius 2 is 2.20 bits per heavy atom. The molecule has 2 bridgehead atoms. The minimum absolute atomic E-state index is 0.162. The third kappa shape index (κ3) is 3.28. The van der Waals surface area contributed by atoms with Crippen molar-refractivity contribution in [1.29, 1.82) is 0 Å². The molecule has 1 aromatic carbocycles. The second kappa shape index (κ2) is 6.77. The highest BCUT2D eigenvalue weighted by molar-refractivity contribution is 7.15. The summed E-state index contributed by atoms with van der Waals surface area (Å²) >= 11 is 1.72. The molecule has 3 aliphatic rings. The number of likely N-dealkylation sites (N-methyl/N-ethyl adjacent to an activating group) is 1. The average Bonchev–Trinajstić information content (AvgIpc) is 2.95. The van der Waals surface area contributed by atoms with E-state index in [0.717, 1.165) is 48.8 Å². The lowest BCUT2D eigenvalue weighted by Gasteiger charge is -2.32. The van der Waals surface area contributed by atoms with Crippen molar-refractivity contribution in [3.05, 3.63) is 35.3 Å². The Labute approximate surface area is 152 Å². The molecule has 0 spiro atoms. The maximum Gasteiger partial charge on any atom is 0.227 e. The molecule has 0 aliphatic carbocycles. The Kier molecular flexibility index (Phi) is 4.48. The van der Waals surface area contributed by atoms with Crippen molar-refractivity contribution >= 4 is 17.2 Å². The number of fused-ring (bicyclic) bond motifs is 4. The van der Waals surface area contributed by atoms with E-state index in [-0.39, 0.29) is 5.92 Å². The molecule has 1 aromatic heterocycles. The summed E-state index contributed by atoms with van der Waals surface area (Å²) in [6.07, 6.45) is 4.13. The van der Waals surface area contributed by atoms with E-state index in [4.69, 9.17) is 4.74 Å². The molecule has 3 aliphatic heterocycles. The lowest BCUT2D eigenvalue weighted by Crippen LogP contribution is -2.45. The number of carbonyl (C=O) groups is 1. The van der Waals surface area contributed by atoms with E-state index in [0.29, 0.717) is 11.9 Å². The maximum atomic E-state index is 12.3. The Hall–Kier alpha value is -1.92. The highest BCUT2D eigenvalue weighted by Crippen LogP contribution is 2.31. The van der Waals surface area contributed by atoms with Crippen molar-refractivity contribution in [2.45, 2.75) is 25.4 Å². The predicted molar refractivity (Wildman–Crippen MR) is 98.7 cm³/mol. The van der Waals surface area contributed by atoms with Gasteiger partial charge in [-0.05, 0) is 25.0 Å². The van der Waals surface area contributed by atoms with Gasteiger partial charge in [0.05, 0.1) is 13.0 Å². The van der Waals surface area contributed by atoms with Crippen LogP contribution in [0.4, 0.5) is 0 Å². The fourth-order valence-corrected chi connectivity index (χ4v) is 4.82. The quantitative estimate of drug-likeness (QED) is 0.844. The number of benzene rings is 1. The van der Waals surface area contributed by atoms with Crippen molar-refractivity contribution in [2.75, 3.05) is 27.2 Å². The normalized spacial score (nSPS) is 23.8. The lowest BCUT2D eigenvalue weighted by molar-refractivity contribution is -0.138. The summed E-state index contributed by atoms with van der Waals surface area (Å²) in [5.41, 5.74) is 1.08. The highest BCUT2D eigenvalue weighted by Gasteiger charge is 2.38. The zero-order chi connectivity index (χ0) is 17.4. The fourth-order valence-electron chi connectivity index (χ4n) is 3.87. The number of rotatable bonds is 4. The number of aromatic nitrogens is 1. The van der Waals surface area contributed by atoms with E-state index in [2.05, 4.69) is 16.0 Å². The molecule has 1 amide bonds. The van der Waals surface area contributed by atoms with Crippen LogP contribution in [0.1, 0.15) is 17.7 Å². The van der Waals surface area contributed by atoms with Gasteiger partial charge < -0.3 is 9.64 Å². The van der Waals surface area contributed by atoms with E-state index < -0.39 is 0 Å². The van der Waals surface area contributed by atoms with E-state index in [1.54, 1.807) is 18.4 Å². The minimum Gasteiger partial charge on any atom is -0.497 e. The molecule has 0 unspecified atom stereocenters. The highest BCUT2D eigenvalue weighted by atomic mass is 32.1. The third-order valence-corrected chi connectivity index (χ3v) is 6.32. The first-order valence-corrected chi connectivity index (χ1v) is 9.54. The van der Waals surface area contributed by atoms with Crippen molar-refractivity contribution in [3.63, 3.8) is 0 Å². The first-order chi connectivity index (χ1) is 12.1. The van der Waals surface area contributed by atoms with Gasteiger partial charge in [0.15, 0.2) is 0 Å². The number of thiazole rings is 1. The monoisotopic (exact) mass is 357 g/mol. The van der Waals surface area contributed by atoms with Gasteiger partial charge >= 0.3 is 0 Å². The number of methoxy groups -OCH3 is 1. The van der Waals surface area contributed by atoms with Crippen LogP contribution in [0.5, 0.6) is 5.75 Å². The smallest absolute Gasteiger partial charge is 0.227 e. The first-order valence-electron chi connectivity index (χ1n) is 8.72. The van der Waals surface area contributed by atoms with Crippen LogP contribution in [0.2, 0.25) is 0 Å². The summed E-state index contributed by atoms with van der Waals surface area (Å²) in [4.78, 5) is 22.6. The van der Waals surface area contributed by atoms with E-state index in [9.17, 15) is 4.79 Å². The molecule has 132 valence electrons. The van der Waals surface area contributed by atoms with Gasteiger partial charge in [-0.15, -0.1) is 11.3 Å². The molecule has 0 N–H and O–H groups in total. The maximum absolute atomic E-state index is 12.3. The lowest BCUT2D eigenvalue weighted by atomic mass is 9.95. The third-order valence-electron chi connectivity index (χ3n) is 5.29. The first kappa shape index (κ1) is 16.5. The summed E-state index contributed by atoms with van der Waals surface area (Å²) in [7, 11) is 3.63. The van der Waals surface area contributed by atoms with Crippen LogP contribution in [-0.2, 0) is 11.3 Å². The molecule has 2 atom stereocenters. The van der Waals surface area contributed by atoms with Crippen molar-refractivity contribution < 1.29 is 9.53 Å². The van der Waals surface area contributed by atoms with Crippen LogP contribution in [0.25, 0.3) is 10.6 Å². The van der Waals surface area contributed by atoms with Crippen LogP contribution in [0, 0.1) is 5.92 Å². The molecule has 3 fully saturated rings. The summed E-state index contributed by atoms with van der Waals surface area (Å²) in [5.74, 6) is 1.33. The van der Waals surface area contributed by atoms with Gasteiger partial charge in [-0.25, -0.2) is 4.98 Å². The molecule has 5 rings (SSSR count). The van der Waals surface area contributed by atoms with Gasteiger partial charge in [0.25, 0.3) is 0 Å².